The zero-order valence-electron chi connectivity index (χ0n) is 19.1. The van der Waals surface area contributed by atoms with Crippen molar-refractivity contribution in [2.45, 2.75) is 57.6 Å². The standard InChI is InChI=1S/C26H28BrN3O3/c1-25(2,3)33-24(32)29-26(11-12-26)15-16-4-7-18(8-5-16)30-21-9-6-17(27)14-20(21)19-10-13-28-23(31)22(19)30/h4-9,14H,10-13,15H2,1-3H3,(H,28,31)(H,29,32). The SMILES string of the molecule is CC(C)(C)OC(=O)NC1(Cc2ccc(-n3c4c(c5cc(Br)ccc53)CCNC4=O)cc2)CC1. The molecule has 0 radical (unpaired) electrons. The maximum atomic E-state index is 12.8. The first-order chi connectivity index (χ1) is 15.6. The van der Waals surface area contributed by atoms with Crippen LogP contribution >= 0.6 is 15.9 Å². The number of rotatable bonds is 4. The first kappa shape index (κ1) is 22.0. The summed E-state index contributed by atoms with van der Waals surface area (Å²) < 4.78 is 8.50. The molecular formula is C26H28BrN3O3. The molecule has 33 heavy (non-hydrogen) atoms. The monoisotopic (exact) mass is 509 g/mol. The van der Waals surface area contributed by atoms with E-state index < -0.39 is 5.60 Å². The number of carbonyl (C=O) groups is 2. The van der Waals surface area contributed by atoms with Crippen LogP contribution in [-0.2, 0) is 17.6 Å². The van der Waals surface area contributed by atoms with Gasteiger partial charge in [0.1, 0.15) is 11.3 Å². The van der Waals surface area contributed by atoms with E-state index in [2.05, 4.69) is 67.5 Å². The smallest absolute Gasteiger partial charge is 0.408 e. The molecule has 5 rings (SSSR count). The molecule has 1 aliphatic heterocycles. The number of carbonyl (C=O) groups excluding carboxylic acids is 2. The number of alkyl carbamates (subject to hydrolysis) is 1. The third-order valence-electron chi connectivity index (χ3n) is 6.27. The molecule has 2 amide bonds. The third-order valence-corrected chi connectivity index (χ3v) is 6.76. The molecule has 0 atom stereocenters. The number of aromatic nitrogens is 1. The molecule has 1 saturated carbocycles. The fourth-order valence-corrected chi connectivity index (χ4v) is 5.00. The Morgan fingerprint density at radius 3 is 2.58 bits per heavy atom. The summed E-state index contributed by atoms with van der Waals surface area (Å²) in [5, 5.41) is 7.16. The fraction of sp³-hybridized carbons (Fsp3) is 0.385. The second kappa shape index (κ2) is 7.90. The van der Waals surface area contributed by atoms with Crippen LogP contribution in [0.3, 0.4) is 0 Å². The molecule has 7 heteroatoms. The van der Waals surface area contributed by atoms with Gasteiger partial charge in [0.25, 0.3) is 5.91 Å². The van der Waals surface area contributed by atoms with Crippen molar-refractivity contribution < 1.29 is 14.3 Å². The summed E-state index contributed by atoms with van der Waals surface area (Å²) in [7, 11) is 0. The van der Waals surface area contributed by atoms with Crippen LogP contribution in [0.2, 0.25) is 0 Å². The molecule has 172 valence electrons. The number of halogens is 1. The Balaban J connectivity index is 1.42. The highest BCUT2D eigenvalue weighted by molar-refractivity contribution is 9.10. The number of fused-ring (bicyclic) bond motifs is 3. The Hall–Kier alpha value is -2.80. The number of hydrogen-bond acceptors (Lipinski definition) is 3. The van der Waals surface area contributed by atoms with Gasteiger partial charge in [-0.05, 0) is 87.9 Å². The van der Waals surface area contributed by atoms with Crippen molar-refractivity contribution in [3.8, 4) is 5.69 Å². The summed E-state index contributed by atoms with van der Waals surface area (Å²) in [6.45, 7) is 6.26. The molecule has 0 unspecified atom stereocenters. The van der Waals surface area contributed by atoms with E-state index in [9.17, 15) is 9.59 Å². The maximum Gasteiger partial charge on any atom is 0.408 e. The minimum absolute atomic E-state index is 0.0360. The number of benzene rings is 2. The van der Waals surface area contributed by atoms with E-state index in [1.807, 2.05) is 26.8 Å². The summed E-state index contributed by atoms with van der Waals surface area (Å²) >= 11 is 3.57. The van der Waals surface area contributed by atoms with Crippen LogP contribution in [-0.4, -0.2) is 34.3 Å². The maximum absolute atomic E-state index is 12.8. The van der Waals surface area contributed by atoms with Crippen LogP contribution in [0.4, 0.5) is 4.79 Å². The molecule has 1 aliphatic carbocycles. The van der Waals surface area contributed by atoms with E-state index in [1.165, 1.54) is 0 Å². The molecule has 6 nitrogen and oxygen atoms in total. The Morgan fingerprint density at radius 1 is 1.18 bits per heavy atom. The van der Waals surface area contributed by atoms with Gasteiger partial charge in [-0.25, -0.2) is 4.79 Å². The molecule has 1 aromatic heterocycles. The lowest BCUT2D eigenvalue weighted by Crippen LogP contribution is -2.41. The number of amides is 2. The first-order valence-corrected chi connectivity index (χ1v) is 12.2. The van der Waals surface area contributed by atoms with Crippen molar-refractivity contribution in [2.24, 2.45) is 0 Å². The van der Waals surface area contributed by atoms with Gasteiger partial charge in [-0.15, -0.1) is 0 Å². The van der Waals surface area contributed by atoms with E-state index in [1.54, 1.807) is 0 Å². The normalized spacial score (nSPS) is 16.8. The topological polar surface area (TPSA) is 72.4 Å². The first-order valence-electron chi connectivity index (χ1n) is 11.4. The van der Waals surface area contributed by atoms with Gasteiger partial charge in [0.15, 0.2) is 0 Å². The minimum atomic E-state index is -0.512. The fourth-order valence-electron chi connectivity index (χ4n) is 4.64. The predicted molar refractivity (Wildman–Crippen MR) is 132 cm³/mol. The molecule has 2 aromatic carbocycles. The van der Waals surface area contributed by atoms with Crippen LogP contribution in [0.25, 0.3) is 16.6 Å². The predicted octanol–water partition coefficient (Wildman–Crippen LogP) is 5.28. The van der Waals surface area contributed by atoms with Crippen LogP contribution in [0.5, 0.6) is 0 Å². The number of nitrogens with zero attached hydrogens (tertiary/aromatic N) is 1. The van der Waals surface area contributed by atoms with Crippen molar-refractivity contribution in [1.82, 2.24) is 15.2 Å². The molecular weight excluding hydrogens is 482 g/mol. The van der Waals surface area contributed by atoms with Gasteiger partial charge in [-0.3, -0.25) is 4.79 Å². The second-order valence-electron chi connectivity index (χ2n) is 10.1. The Kier molecular flexibility index (Phi) is 5.27. The van der Waals surface area contributed by atoms with E-state index >= 15 is 0 Å². The quantitative estimate of drug-likeness (QED) is 0.502. The van der Waals surface area contributed by atoms with Crippen molar-refractivity contribution in [3.63, 3.8) is 0 Å². The largest absolute Gasteiger partial charge is 0.444 e. The number of nitrogens with one attached hydrogen (secondary N) is 2. The second-order valence-corrected chi connectivity index (χ2v) is 11.0. The van der Waals surface area contributed by atoms with E-state index in [4.69, 9.17) is 4.74 Å². The van der Waals surface area contributed by atoms with Crippen molar-refractivity contribution in [3.05, 3.63) is 63.8 Å². The minimum Gasteiger partial charge on any atom is -0.444 e. The number of ether oxygens (including phenoxy) is 1. The molecule has 0 spiro atoms. The third kappa shape index (κ3) is 4.38. The Morgan fingerprint density at radius 2 is 1.91 bits per heavy atom. The lowest BCUT2D eigenvalue weighted by atomic mass is 10.0. The average molecular weight is 510 g/mol. The molecule has 2 heterocycles. The lowest BCUT2D eigenvalue weighted by Gasteiger charge is -2.23. The van der Waals surface area contributed by atoms with Gasteiger partial charge in [-0.2, -0.15) is 0 Å². The lowest BCUT2D eigenvalue weighted by molar-refractivity contribution is 0.0496. The summed E-state index contributed by atoms with van der Waals surface area (Å²) in [5.74, 6) is -0.0360. The Labute approximate surface area is 201 Å². The molecule has 0 saturated heterocycles. The van der Waals surface area contributed by atoms with Gasteiger partial charge in [0, 0.05) is 27.6 Å². The summed E-state index contributed by atoms with van der Waals surface area (Å²) in [5.41, 5.74) is 4.19. The van der Waals surface area contributed by atoms with Gasteiger partial charge >= 0.3 is 6.09 Å². The summed E-state index contributed by atoms with van der Waals surface area (Å²) in [4.78, 5) is 25.1. The van der Waals surface area contributed by atoms with Gasteiger partial charge < -0.3 is 19.9 Å². The van der Waals surface area contributed by atoms with Crippen molar-refractivity contribution in [2.75, 3.05) is 6.54 Å². The van der Waals surface area contributed by atoms with E-state index in [0.29, 0.717) is 12.2 Å². The number of hydrogen-bond donors (Lipinski definition) is 2. The molecule has 2 N–H and O–H groups in total. The van der Waals surface area contributed by atoms with Gasteiger partial charge in [-0.1, -0.05) is 28.1 Å². The molecule has 1 fully saturated rings. The van der Waals surface area contributed by atoms with E-state index in [0.717, 1.165) is 57.9 Å². The van der Waals surface area contributed by atoms with Crippen molar-refractivity contribution >= 4 is 38.8 Å². The average Bonchev–Trinajstić information content (AvgIpc) is 3.39. The van der Waals surface area contributed by atoms with Crippen molar-refractivity contribution in [1.29, 1.82) is 0 Å². The Bertz CT molecular complexity index is 1250. The highest BCUT2D eigenvalue weighted by Crippen LogP contribution is 2.39. The van der Waals surface area contributed by atoms with Gasteiger partial charge in [0.05, 0.1) is 5.52 Å². The van der Waals surface area contributed by atoms with Crippen LogP contribution in [0.15, 0.2) is 46.9 Å². The van der Waals surface area contributed by atoms with E-state index in [-0.39, 0.29) is 17.5 Å². The zero-order chi connectivity index (χ0) is 23.4. The highest BCUT2D eigenvalue weighted by Gasteiger charge is 2.44. The molecule has 3 aromatic rings. The summed E-state index contributed by atoms with van der Waals surface area (Å²) in [6.07, 6.45) is 3.10. The zero-order valence-corrected chi connectivity index (χ0v) is 20.7. The summed E-state index contributed by atoms with van der Waals surface area (Å²) in [6, 6.07) is 14.5. The van der Waals surface area contributed by atoms with Crippen LogP contribution in [0, 0.1) is 0 Å². The highest BCUT2D eigenvalue weighted by atomic mass is 79.9. The van der Waals surface area contributed by atoms with Crippen LogP contribution in [0.1, 0.15) is 55.2 Å². The molecule has 0 bridgehead atoms. The van der Waals surface area contributed by atoms with Gasteiger partial charge in [0.2, 0.25) is 0 Å². The molecule has 2 aliphatic rings. The van der Waals surface area contributed by atoms with Crippen LogP contribution < -0.4 is 10.6 Å².